The smallest absolute Gasteiger partial charge is 0.266 e. The predicted molar refractivity (Wildman–Crippen MR) is 63.8 cm³/mol. The first-order chi connectivity index (χ1) is 7.07. The average Bonchev–Trinajstić information content (AvgIpc) is 2.59. The van der Waals surface area contributed by atoms with Crippen LogP contribution in [0.15, 0.2) is 15.9 Å². The second-order valence-corrected chi connectivity index (χ2v) is 5.05. The molecular weight excluding hydrogens is 276 g/mol. The van der Waals surface area contributed by atoms with E-state index in [1.165, 1.54) is 11.3 Å². The average molecular weight is 287 g/mol. The Morgan fingerprint density at radius 3 is 2.80 bits per heavy atom. The second-order valence-electron chi connectivity index (χ2n) is 3.28. The molecule has 1 heterocycles. The van der Waals surface area contributed by atoms with Gasteiger partial charge in [-0.2, -0.15) is 5.26 Å². The van der Waals surface area contributed by atoms with Crippen LogP contribution in [-0.4, -0.2) is 23.4 Å². The van der Waals surface area contributed by atoms with Crippen LogP contribution in [0.5, 0.6) is 0 Å². The maximum atomic E-state index is 12.0. The van der Waals surface area contributed by atoms with Gasteiger partial charge in [-0.15, -0.1) is 11.3 Å². The highest BCUT2D eigenvalue weighted by molar-refractivity contribution is 9.10. The maximum Gasteiger partial charge on any atom is 0.266 e. The summed E-state index contributed by atoms with van der Waals surface area (Å²) in [5.41, 5.74) is 0. The Hall–Kier alpha value is -0.860. The fourth-order valence-corrected chi connectivity index (χ4v) is 2.64. The Bertz CT molecular complexity index is 394. The van der Waals surface area contributed by atoms with Crippen molar-refractivity contribution in [2.24, 2.45) is 0 Å². The van der Waals surface area contributed by atoms with Crippen molar-refractivity contribution in [3.63, 3.8) is 0 Å². The van der Waals surface area contributed by atoms with Gasteiger partial charge in [-0.1, -0.05) is 0 Å². The number of rotatable bonds is 3. The molecule has 0 unspecified atom stereocenters. The van der Waals surface area contributed by atoms with Gasteiger partial charge in [-0.25, -0.2) is 0 Å². The normalized spacial score (nSPS) is 10.1. The van der Waals surface area contributed by atoms with Crippen molar-refractivity contribution in [2.75, 3.05) is 6.54 Å². The third-order valence-electron chi connectivity index (χ3n) is 1.94. The van der Waals surface area contributed by atoms with Crippen molar-refractivity contribution in [3.05, 3.63) is 20.8 Å². The van der Waals surface area contributed by atoms with Crippen LogP contribution in [-0.2, 0) is 0 Å². The minimum absolute atomic E-state index is 0.0335. The molecule has 0 spiro atoms. The van der Waals surface area contributed by atoms with Crippen LogP contribution in [0.3, 0.4) is 0 Å². The Kier molecular flexibility index (Phi) is 4.30. The standard InChI is InChI=1S/C10H11BrN2OS/c1-7(2)13(5-4-12)10(14)9-8(11)3-6-15-9/h3,6-7H,5H2,1-2H3. The van der Waals surface area contributed by atoms with E-state index in [2.05, 4.69) is 15.9 Å². The first-order valence-corrected chi connectivity index (χ1v) is 6.16. The predicted octanol–water partition coefficient (Wildman–Crippen LogP) is 2.88. The number of thiophene rings is 1. The van der Waals surface area contributed by atoms with Crippen LogP contribution in [0.25, 0.3) is 0 Å². The van der Waals surface area contributed by atoms with Crippen molar-refractivity contribution >= 4 is 33.2 Å². The first kappa shape index (κ1) is 12.2. The van der Waals surface area contributed by atoms with Crippen molar-refractivity contribution in [2.45, 2.75) is 19.9 Å². The molecule has 15 heavy (non-hydrogen) atoms. The molecule has 0 saturated heterocycles. The SMILES string of the molecule is CC(C)N(CC#N)C(=O)c1sccc1Br. The van der Waals surface area contributed by atoms with Crippen molar-refractivity contribution in [1.29, 1.82) is 5.26 Å². The van der Waals surface area contributed by atoms with E-state index < -0.39 is 0 Å². The molecular formula is C10H11BrN2OS. The van der Waals surface area contributed by atoms with Gasteiger partial charge in [0, 0.05) is 10.5 Å². The van der Waals surface area contributed by atoms with Crippen LogP contribution in [0.4, 0.5) is 0 Å². The molecule has 5 heteroatoms. The molecule has 0 radical (unpaired) electrons. The summed E-state index contributed by atoms with van der Waals surface area (Å²) in [6.45, 7) is 3.92. The fourth-order valence-electron chi connectivity index (χ4n) is 1.14. The zero-order chi connectivity index (χ0) is 11.4. The minimum Gasteiger partial charge on any atom is -0.322 e. The summed E-state index contributed by atoms with van der Waals surface area (Å²) in [7, 11) is 0. The third kappa shape index (κ3) is 2.80. The van der Waals surface area contributed by atoms with Crippen molar-refractivity contribution in [1.82, 2.24) is 4.90 Å². The molecule has 0 aromatic carbocycles. The van der Waals surface area contributed by atoms with Gasteiger partial charge in [0.25, 0.3) is 5.91 Å². The van der Waals surface area contributed by atoms with Gasteiger partial charge in [0.2, 0.25) is 0 Å². The van der Waals surface area contributed by atoms with Crippen LogP contribution >= 0.6 is 27.3 Å². The van der Waals surface area contributed by atoms with Crippen LogP contribution in [0, 0.1) is 11.3 Å². The third-order valence-corrected chi connectivity index (χ3v) is 3.76. The van der Waals surface area contributed by atoms with Gasteiger partial charge >= 0.3 is 0 Å². The molecule has 1 amide bonds. The van der Waals surface area contributed by atoms with E-state index in [-0.39, 0.29) is 18.5 Å². The summed E-state index contributed by atoms with van der Waals surface area (Å²) in [4.78, 5) is 14.2. The van der Waals surface area contributed by atoms with E-state index in [1.54, 1.807) is 4.90 Å². The summed E-state index contributed by atoms with van der Waals surface area (Å²) < 4.78 is 0.793. The summed E-state index contributed by atoms with van der Waals surface area (Å²) in [5.74, 6) is -0.0894. The molecule has 1 aromatic rings. The lowest BCUT2D eigenvalue weighted by Gasteiger charge is -2.23. The Balaban J connectivity index is 2.92. The molecule has 0 fully saturated rings. The lowest BCUT2D eigenvalue weighted by Crippen LogP contribution is -2.36. The van der Waals surface area contributed by atoms with Crippen molar-refractivity contribution < 1.29 is 4.79 Å². The van der Waals surface area contributed by atoms with E-state index in [1.807, 2.05) is 31.4 Å². The zero-order valence-electron chi connectivity index (χ0n) is 8.53. The highest BCUT2D eigenvalue weighted by Crippen LogP contribution is 2.24. The molecule has 80 valence electrons. The van der Waals surface area contributed by atoms with E-state index in [4.69, 9.17) is 5.26 Å². The van der Waals surface area contributed by atoms with Gasteiger partial charge in [0.1, 0.15) is 11.4 Å². The Labute approximate surface area is 101 Å². The molecule has 1 rings (SSSR count). The lowest BCUT2D eigenvalue weighted by molar-refractivity contribution is 0.0735. The Morgan fingerprint density at radius 2 is 2.40 bits per heavy atom. The molecule has 1 aromatic heterocycles. The minimum atomic E-state index is -0.0894. The summed E-state index contributed by atoms with van der Waals surface area (Å²) in [6, 6.07) is 3.88. The molecule has 0 N–H and O–H groups in total. The van der Waals surface area contributed by atoms with Crippen LogP contribution in [0.2, 0.25) is 0 Å². The molecule has 0 aliphatic heterocycles. The monoisotopic (exact) mass is 286 g/mol. The number of halogens is 1. The quantitative estimate of drug-likeness (QED) is 0.802. The zero-order valence-corrected chi connectivity index (χ0v) is 10.9. The van der Waals surface area contributed by atoms with Crippen LogP contribution in [0.1, 0.15) is 23.5 Å². The lowest BCUT2D eigenvalue weighted by atomic mass is 10.3. The highest BCUT2D eigenvalue weighted by Gasteiger charge is 2.21. The Morgan fingerprint density at radius 1 is 1.73 bits per heavy atom. The number of amides is 1. The molecule has 0 bridgehead atoms. The van der Waals surface area contributed by atoms with Gasteiger partial charge in [0.15, 0.2) is 0 Å². The molecule has 0 aliphatic rings. The number of nitriles is 1. The summed E-state index contributed by atoms with van der Waals surface area (Å²) in [6.07, 6.45) is 0. The number of nitrogens with zero attached hydrogens (tertiary/aromatic N) is 2. The largest absolute Gasteiger partial charge is 0.322 e. The molecule has 0 saturated carbocycles. The molecule has 0 atom stereocenters. The molecule has 0 aliphatic carbocycles. The van der Waals surface area contributed by atoms with Crippen LogP contribution < -0.4 is 0 Å². The molecule has 3 nitrogen and oxygen atoms in total. The van der Waals surface area contributed by atoms with E-state index >= 15 is 0 Å². The number of hydrogen-bond acceptors (Lipinski definition) is 3. The summed E-state index contributed by atoms with van der Waals surface area (Å²) in [5, 5.41) is 10.5. The van der Waals surface area contributed by atoms with Gasteiger partial charge in [-0.05, 0) is 41.2 Å². The topological polar surface area (TPSA) is 44.1 Å². The van der Waals surface area contributed by atoms with Crippen molar-refractivity contribution in [3.8, 4) is 6.07 Å². The van der Waals surface area contributed by atoms with Gasteiger partial charge in [0.05, 0.1) is 6.07 Å². The number of carbonyl (C=O) groups is 1. The summed E-state index contributed by atoms with van der Waals surface area (Å²) >= 11 is 4.70. The first-order valence-electron chi connectivity index (χ1n) is 4.48. The van der Waals surface area contributed by atoms with E-state index in [9.17, 15) is 4.79 Å². The van der Waals surface area contributed by atoms with E-state index in [0.717, 1.165) is 4.47 Å². The second kappa shape index (κ2) is 5.29. The van der Waals surface area contributed by atoms with Gasteiger partial charge in [-0.3, -0.25) is 4.79 Å². The highest BCUT2D eigenvalue weighted by atomic mass is 79.9. The van der Waals surface area contributed by atoms with Gasteiger partial charge < -0.3 is 4.90 Å². The van der Waals surface area contributed by atoms with E-state index in [0.29, 0.717) is 4.88 Å². The number of carbonyl (C=O) groups excluding carboxylic acids is 1. The fraction of sp³-hybridized carbons (Fsp3) is 0.400. The maximum absolute atomic E-state index is 12.0. The number of hydrogen-bond donors (Lipinski definition) is 0.